The third-order valence-corrected chi connectivity index (χ3v) is 4.54. The Bertz CT molecular complexity index is 745. The number of aromatic nitrogens is 3. The molecule has 0 N–H and O–H groups in total. The van der Waals surface area contributed by atoms with Gasteiger partial charge in [-0.25, -0.2) is 14.1 Å². The second kappa shape index (κ2) is 7.59. The summed E-state index contributed by atoms with van der Waals surface area (Å²) in [7, 11) is 0. The van der Waals surface area contributed by atoms with Gasteiger partial charge in [-0.3, -0.25) is 4.79 Å². The van der Waals surface area contributed by atoms with Crippen LogP contribution in [0.4, 0.5) is 4.39 Å². The normalized spacial score (nSPS) is 16.2. The van der Waals surface area contributed by atoms with Crippen LogP contribution in [0.3, 0.4) is 0 Å². The fourth-order valence-electron chi connectivity index (χ4n) is 3.24. The Morgan fingerprint density at radius 1 is 1.28 bits per heavy atom. The minimum Gasteiger partial charge on any atom is -0.340 e. The first kappa shape index (κ1) is 17.3. The third-order valence-electron chi connectivity index (χ3n) is 4.54. The number of likely N-dealkylation sites (tertiary alicyclic amines) is 1. The van der Waals surface area contributed by atoms with Gasteiger partial charge in [-0.2, -0.15) is 5.10 Å². The summed E-state index contributed by atoms with van der Waals surface area (Å²) in [6.45, 7) is 5.39. The number of rotatable bonds is 4. The van der Waals surface area contributed by atoms with E-state index in [1.165, 1.54) is 24.0 Å². The van der Waals surface area contributed by atoms with Crippen LogP contribution in [0.25, 0.3) is 6.08 Å². The molecule has 25 heavy (non-hydrogen) atoms. The summed E-state index contributed by atoms with van der Waals surface area (Å²) in [5.74, 6) is -0.00157. The summed E-state index contributed by atoms with van der Waals surface area (Å²) in [6.07, 6.45) is 6.71. The van der Waals surface area contributed by atoms with Crippen molar-refractivity contribution in [2.24, 2.45) is 5.92 Å². The zero-order valence-electron chi connectivity index (χ0n) is 14.6. The highest BCUT2D eigenvalue weighted by atomic mass is 19.1. The van der Waals surface area contributed by atoms with Crippen molar-refractivity contribution in [3.63, 3.8) is 0 Å². The molecule has 1 aromatic carbocycles. The summed E-state index contributed by atoms with van der Waals surface area (Å²) in [6, 6.07) is 6.26. The smallest absolute Gasteiger partial charge is 0.247 e. The molecule has 2 heterocycles. The van der Waals surface area contributed by atoms with E-state index in [4.69, 9.17) is 0 Å². The molecule has 1 saturated heterocycles. The van der Waals surface area contributed by atoms with Crippen LogP contribution in [0.1, 0.15) is 38.3 Å². The number of carbonyl (C=O) groups is 1. The van der Waals surface area contributed by atoms with Gasteiger partial charge in [0.1, 0.15) is 24.5 Å². The number of benzene rings is 1. The molecule has 1 amide bonds. The molecule has 1 fully saturated rings. The zero-order valence-corrected chi connectivity index (χ0v) is 14.6. The number of carbonyl (C=O) groups excluding carboxylic acids is 1. The van der Waals surface area contributed by atoms with Crippen LogP contribution in [-0.4, -0.2) is 38.7 Å². The van der Waals surface area contributed by atoms with Gasteiger partial charge in [0.25, 0.3) is 0 Å². The second-order valence-corrected chi connectivity index (χ2v) is 6.75. The Morgan fingerprint density at radius 3 is 2.64 bits per heavy atom. The molecule has 6 heteroatoms. The predicted molar refractivity (Wildman–Crippen MR) is 94.1 cm³/mol. The minimum absolute atomic E-state index is 0.0882. The molecule has 1 aromatic heterocycles. The molecule has 5 nitrogen and oxygen atoms in total. The molecule has 0 spiro atoms. The molecule has 2 aromatic rings. The topological polar surface area (TPSA) is 51.0 Å². The van der Waals surface area contributed by atoms with E-state index in [1.807, 2.05) is 30.9 Å². The maximum atomic E-state index is 13.3. The summed E-state index contributed by atoms with van der Waals surface area (Å²) in [5, 5.41) is 4.14. The van der Waals surface area contributed by atoms with E-state index >= 15 is 0 Å². The number of halogens is 1. The van der Waals surface area contributed by atoms with Gasteiger partial charge in [0.05, 0.1) is 0 Å². The van der Waals surface area contributed by atoms with Crippen LogP contribution < -0.4 is 0 Å². The van der Waals surface area contributed by atoms with Crippen molar-refractivity contribution in [3.8, 4) is 0 Å². The van der Waals surface area contributed by atoms with E-state index < -0.39 is 0 Å². The quantitative estimate of drug-likeness (QED) is 0.856. The van der Waals surface area contributed by atoms with Crippen LogP contribution in [0, 0.1) is 11.7 Å². The summed E-state index contributed by atoms with van der Waals surface area (Å²) in [4.78, 5) is 18.8. The SMILES string of the molecule is CC(C)[C@@H](C(=O)N1CCC(=Cc2cccc(F)c2)CC1)n1cncn1. The molecule has 1 atom stereocenters. The second-order valence-electron chi connectivity index (χ2n) is 6.75. The molecule has 1 aliphatic rings. The fourth-order valence-corrected chi connectivity index (χ4v) is 3.24. The monoisotopic (exact) mass is 342 g/mol. The summed E-state index contributed by atoms with van der Waals surface area (Å²) >= 11 is 0. The van der Waals surface area contributed by atoms with Gasteiger partial charge in [0.15, 0.2) is 0 Å². The number of hydrogen-bond acceptors (Lipinski definition) is 3. The van der Waals surface area contributed by atoms with Crippen molar-refractivity contribution in [3.05, 3.63) is 53.9 Å². The Balaban J connectivity index is 1.66. The Labute approximate surface area is 147 Å². The molecular formula is C19H23FN4O. The van der Waals surface area contributed by atoms with Crippen LogP contribution in [0.2, 0.25) is 0 Å². The first-order valence-electron chi connectivity index (χ1n) is 8.62. The molecule has 0 bridgehead atoms. The Morgan fingerprint density at radius 2 is 2.04 bits per heavy atom. The van der Waals surface area contributed by atoms with Gasteiger partial charge >= 0.3 is 0 Å². The zero-order chi connectivity index (χ0) is 17.8. The highest BCUT2D eigenvalue weighted by molar-refractivity contribution is 5.81. The fraction of sp³-hybridized carbons (Fsp3) is 0.421. The maximum absolute atomic E-state index is 13.3. The van der Waals surface area contributed by atoms with Crippen molar-refractivity contribution in [2.45, 2.75) is 32.7 Å². The predicted octanol–water partition coefficient (Wildman–Crippen LogP) is 3.32. The van der Waals surface area contributed by atoms with E-state index in [9.17, 15) is 9.18 Å². The van der Waals surface area contributed by atoms with Crippen LogP contribution in [0.5, 0.6) is 0 Å². The van der Waals surface area contributed by atoms with Crippen LogP contribution >= 0.6 is 0 Å². The van der Waals surface area contributed by atoms with Gasteiger partial charge < -0.3 is 4.90 Å². The lowest BCUT2D eigenvalue weighted by atomic mass is 9.98. The standard InChI is InChI=1S/C19H23FN4O/c1-14(2)18(24-13-21-12-22-24)19(25)23-8-6-15(7-9-23)10-16-4-3-5-17(20)11-16/h3-5,10-14,18H,6-9H2,1-2H3/t18-/m0/s1. The maximum Gasteiger partial charge on any atom is 0.247 e. The largest absolute Gasteiger partial charge is 0.340 e. The van der Waals surface area contributed by atoms with Gasteiger partial charge in [-0.15, -0.1) is 0 Å². The van der Waals surface area contributed by atoms with Gasteiger partial charge in [-0.05, 0) is 36.5 Å². The van der Waals surface area contributed by atoms with E-state index in [-0.39, 0.29) is 23.7 Å². The van der Waals surface area contributed by atoms with Crippen LogP contribution in [-0.2, 0) is 4.79 Å². The van der Waals surface area contributed by atoms with Crippen molar-refractivity contribution in [1.82, 2.24) is 19.7 Å². The Hall–Kier alpha value is -2.50. The average molecular weight is 342 g/mol. The van der Waals surface area contributed by atoms with Crippen molar-refractivity contribution >= 4 is 12.0 Å². The minimum atomic E-state index is -0.323. The van der Waals surface area contributed by atoms with E-state index in [0.29, 0.717) is 13.1 Å². The van der Waals surface area contributed by atoms with Gasteiger partial charge in [-0.1, -0.05) is 37.6 Å². The van der Waals surface area contributed by atoms with E-state index in [1.54, 1.807) is 17.1 Å². The molecular weight excluding hydrogens is 319 g/mol. The lowest BCUT2D eigenvalue weighted by Crippen LogP contribution is -2.42. The lowest BCUT2D eigenvalue weighted by molar-refractivity contribution is -0.136. The number of hydrogen-bond donors (Lipinski definition) is 0. The number of nitrogens with zero attached hydrogens (tertiary/aromatic N) is 4. The van der Waals surface area contributed by atoms with E-state index in [2.05, 4.69) is 10.1 Å². The molecule has 1 aliphatic heterocycles. The first-order chi connectivity index (χ1) is 12.0. The lowest BCUT2D eigenvalue weighted by Gasteiger charge is -2.33. The van der Waals surface area contributed by atoms with Gasteiger partial charge in [0, 0.05) is 13.1 Å². The number of amides is 1. The van der Waals surface area contributed by atoms with Crippen molar-refractivity contribution in [1.29, 1.82) is 0 Å². The van der Waals surface area contributed by atoms with Crippen molar-refractivity contribution < 1.29 is 9.18 Å². The molecule has 132 valence electrons. The summed E-state index contributed by atoms with van der Waals surface area (Å²) in [5.41, 5.74) is 2.12. The highest BCUT2D eigenvalue weighted by Crippen LogP contribution is 2.25. The average Bonchev–Trinajstić information content (AvgIpc) is 3.09. The van der Waals surface area contributed by atoms with Gasteiger partial charge in [0.2, 0.25) is 5.91 Å². The van der Waals surface area contributed by atoms with Crippen LogP contribution in [0.15, 0.2) is 42.5 Å². The molecule has 0 unspecified atom stereocenters. The van der Waals surface area contributed by atoms with E-state index in [0.717, 1.165) is 18.4 Å². The first-order valence-corrected chi connectivity index (χ1v) is 8.62. The van der Waals surface area contributed by atoms with Crippen molar-refractivity contribution in [2.75, 3.05) is 13.1 Å². The molecule has 0 saturated carbocycles. The molecule has 3 rings (SSSR count). The molecule has 0 radical (unpaired) electrons. The Kier molecular flexibility index (Phi) is 5.26. The molecule has 0 aliphatic carbocycles. The third kappa shape index (κ3) is 4.13. The number of piperidine rings is 1. The highest BCUT2D eigenvalue weighted by Gasteiger charge is 2.30. The summed E-state index contributed by atoms with van der Waals surface area (Å²) < 4.78 is 14.9.